The number of hydrogen-bond donors (Lipinski definition) is 1. The van der Waals surface area contributed by atoms with Gasteiger partial charge in [0.1, 0.15) is 0 Å². The molecule has 1 aliphatic rings. The van der Waals surface area contributed by atoms with Crippen LogP contribution in [0.4, 0.5) is 0 Å². The first-order chi connectivity index (χ1) is 11.5. The van der Waals surface area contributed by atoms with Crippen molar-refractivity contribution in [2.45, 2.75) is 19.0 Å². The number of likely N-dealkylation sites (tertiary alicyclic amines) is 1. The molecule has 1 fully saturated rings. The van der Waals surface area contributed by atoms with E-state index in [1.807, 2.05) is 12.1 Å². The quantitative estimate of drug-likeness (QED) is 0.876. The van der Waals surface area contributed by atoms with Crippen LogP contribution in [0.2, 0.25) is 0 Å². The van der Waals surface area contributed by atoms with Gasteiger partial charge < -0.3 is 0 Å². The number of nitrogens with zero attached hydrogens (tertiary/aromatic N) is 1. The minimum absolute atomic E-state index is 0.205. The third-order valence-corrected chi connectivity index (χ3v) is 5.51. The maximum atomic E-state index is 11.3. The van der Waals surface area contributed by atoms with Crippen molar-refractivity contribution in [2.75, 3.05) is 19.3 Å². The van der Waals surface area contributed by atoms with Gasteiger partial charge in [-0.05, 0) is 18.1 Å². The number of hydrogen-bond acceptors (Lipinski definition) is 3. The molecule has 1 aliphatic heterocycles. The number of nitrogens with one attached hydrogen (secondary N) is 1. The molecule has 2 atom stereocenters. The van der Waals surface area contributed by atoms with E-state index in [1.54, 1.807) is 0 Å². The second kappa shape index (κ2) is 7.05. The number of sulfonamides is 1. The summed E-state index contributed by atoms with van der Waals surface area (Å²) in [5.41, 5.74) is 2.54. The van der Waals surface area contributed by atoms with Crippen LogP contribution in [0.25, 0.3) is 0 Å². The largest absolute Gasteiger partial charge is 0.289 e. The Morgan fingerprint density at radius 2 is 1.54 bits per heavy atom. The predicted molar refractivity (Wildman–Crippen MR) is 97.2 cm³/mol. The Balaban J connectivity index is 1.79. The van der Waals surface area contributed by atoms with E-state index < -0.39 is 10.0 Å². The molecular formula is C19H24N2O2S. The lowest BCUT2D eigenvalue weighted by Crippen LogP contribution is -2.59. The molecule has 0 amide bonds. The molecule has 0 aromatic heterocycles. The highest BCUT2D eigenvalue weighted by Crippen LogP contribution is 2.38. The molecule has 0 aliphatic carbocycles. The molecule has 4 nitrogen and oxygen atoms in total. The van der Waals surface area contributed by atoms with Crippen molar-refractivity contribution in [3.05, 3.63) is 71.8 Å². The van der Waals surface area contributed by atoms with E-state index in [4.69, 9.17) is 0 Å². The summed E-state index contributed by atoms with van der Waals surface area (Å²) in [6, 6.07) is 21.5. The molecule has 0 unspecified atom stereocenters. The van der Waals surface area contributed by atoms with Crippen LogP contribution in [0, 0.1) is 5.92 Å². The molecule has 0 spiro atoms. The van der Waals surface area contributed by atoms with Crippen LogP contribution in [-0.2, 0) is 10.0 Å². The van der Waals surface area contributed by atoms with Gasteiger partial charge in [0.05, 0.1) is 12.3 Å². The molecule has 24 heavy (non-hydrogen) atoms. The molecule has 0 radical (unpaired) electrons. The Bertz CT molecular complexity index is 723. The van der Waals surface area contributed by atoms with Gasteiger partial charge in [-0.3, -0.25) is 4.90 Å². The molecular weight excluding hydrogens is 320 g/mol. The molecule has 3 rings (SSSR count). The zero-order chi connectivity index (χ0) is 17.2. The van der Waals surface area contributed by atoms with Crippen molar-refractivity contribution in [2.24, 2.45) is 5.92 Å². The van der Waals surface area contributed by atoms with Gasteiger partial charge in [0.25, 0.3) is 0 Å². The maximum absolute atomic E-state index is 11.3. The molecule has 2 aromatic carbocycles. The summed E-state index contributed by atoms with van der Waals surface area (Å²) >= 11 is 0. The fourth-order valence-electron chi connectivity index (χ4n) is 3.40. The lowest BCUT2D eigenvalue weighted by Gasteiger charge is -2.51. The first-order valence-electron chi connectivity index (χ1n) is 8.26. The van der Waals surface area contributed by atoms with Crippen LogP contribution in [0.3, 0.4) is 0 Å². The van der Waals surface area contributed by atoms with Crippen LogP contribution in [0.1, 0.15) is 24.1 Å². The lowest BCUT2D eigenvalue weighted by molar-refractivity contribution is 0.00324. The third kappa shape index (κ3) is 3.86. The van der Waals surface area contributed by atoms with Crippen molar-refractivity contribution in [1.29, 1.82) is 0 Å². The first kappa shape index (κ1) is 17.1. The highest BCUT2D eigenvalue weighted by Gasteiger charge is 2.40. The summed E-state index contributed by atoms with van der Waals surface area (Å²) in [5.74, 6) is 0.342. The van der Waals surface area contributed by atoms with E-state index >= 15 is 0 Å². The number of rotatable bonds is 6. The first-order valence-corrected chi connectivity index (χ1v) is 10.1. The summed E-state index contributed by atoms with van der Waals surface area (Å²) in [5, 5.41) is 0. The summed E-state index contributed by atoms with van der Waals surface area (Å²) in [4.78, 5) is 2.44. The van der Waals surface area contributed by atoms with Gasteiger partial charge in [-0.1, -0.05) is 60.7 Å². The Labute approximate surface area is 144 Å². The average Bonchev–Trinajstić information content (AvgIpc) is 2.57. The fraction of sp³-hybridized carbons (Fsp3) is 0.368. The van der Waals surface area contributed by atoms with Crippen molar-refractivity contribution in [3.8, 4) is 0 Å². The van der Waals surface area contributed by atoms with Crippen LogP contribution >= 0.6 is 0 Å². The van der Waals surface area contributed by atoms with E-state index in [1.165, 1.54) is 17.4 Å². The van der Waals surface area contributed by atoms with Crippen LogP contribution in [0.15, 0.2) is 60.7 Å². The van der Waals surface area contributed by atoms with Gasteiger partial charge in [0, 0.05) is 25.0 Å². The number of benzene rings is 2. The second-order valence-corrected chi connectivity index (χ2v) is 8.38. The zero-order valence-electron chi connectivity index (χ0n) is 14.1. The Hall–Kier alpha value is -1.69. The highest BCUT2D eigenvalue weighted by molar-refractivity contribution is 7.88. The molecule has 0 saturated carbocycles. The topological polar surface area (TPSA) is 49.4 Å². The zero-order valence-corrected chi connectivity index (χ0v) is 14.9. The molecule has 1 N–H and O–H groups in total. The van der Waals surface area contributed by atoms with Crippen LogP contribution in [-0.4, -0.2) is 38.7 Å². The molecule has 0 bridgehead atoms. The van der Waals surface area contributed by atoms with Gasteiger partial charge in [-0.25, -0.2) is 13.1 Å². The van der Waals surface area contributed by atoms with Crippen molar-refractivity contribution in [3.63, 3.8) is 0 Å². The van der Waals surface area contributed by atoms with Gasteiger partial charge in [-0.2, -0.15) is 0 Å². The Kier molecular flexibility index (Phi) is 5.04. The fourth-order valence-corrected chi connectivity index (χ4v) is 3.92. The Morgan fingerprint density at radius 3 is 1.96 bits per heavy atom. The standard InChI is InChI=1S/C19H24N2O2S/c1-15-18(13-20-24(2,22)23)14-21(15)19(16-9-5-3-6-10-16)17-11-7-4-8-12-17/h3-12,15,18-20H,13-14H2,1-2H3/t15-,18-/m1/s1. The maximum Gasteiger partial charge on any atom is 0.208 e. The molecule has 1 saturated heterocycles. The summed E-state index contributed by atoms with van der Waals surface area (Å²) in [7, 11) is -3.13. The predicted octanol–water partition coefficient (Wildman–Crippen LogP) is 2.65. The molecule has 5 heteroatoms. The van der Waals surface area contributed by atoms with Gasteiger partial charge in [-0.15, -0.1) is 0 Å². The van der Waals surface area contributed by atoms with Crippen LogP contribution < -0.4 is 4.72 Å². The monoisotopic (exact) mass is 344 g/mol. The highest BCUT2D eigenvalue weighted by atomic mass is 32.2. The minimum atomic E-state index is -3.13. The van der Waals surface area contributed by atoms with Gasteiger partial charge in [0.15, 0.2) is 0 Å². The molecule has 128 valence electrons. The Morgan fingerprint density at radius 1 is 1.04 bits per heavy atom. The normalized spacial score (nSPS) is 21.6. The average molecular weight is 344 g/mol. The second-order valence-electron chi connectivity index (χ2n) is 6.54. The molecule has 1 heterocycles. The van der Waals surface area contributed by atoms with Gasteiger partial charge >= 0.3 is 0 Å². The minimum Gasteiger partial charge on any atom is -0.289 e. The summed E-state index contributed by atoms with van der Waals surface area (Å²) < 4.78 is 25.3. The van der Waals surface area contributed by atoms with Crippen LogP contribution in [0.5, 0.6) is 0 Å². The van der Waals surface area contributed by atoms with Crippen molar-refractivity contribution >= 4 is 10.0 Å². The van der Waals surface area contributed by atoms with E-state index in [0.717, 1.165) is 6.54 Å². The van der Waals surface area contributed by atoms with E-state index in [2.05, 4.69) is 65.1 Å². The summed E-state index contributed by atoms with van der Waals surface area (Å²) in [6.45, 7) is 3.57. The van der Waals surface area contributed by atoms with Crippen molar-refractivity contribution in [1.82, 2.24) is 9.62 Å². The summed E-state index contributed by atoms with van der Waals surface area (Å²) in [6.07, 6.45) is 1.21. The van der Waals surface area contributed by atoms with E-state index in [-0.39, 0.29) is 6.04 Å². The SMILES string of the molecule is C[C@@H]1[C@H](CNS(C)(=O)=O)CN1C(c1ccccc1)c1ccccc1. The molecule has 2 aromatic rings. The lowest BCUT2D eigenvalue weighted by atomic mass is 9.84. The van der Waals surface area contributed by atoms with Crippen molar-refractivity contribution < 1.29 is 8.42 Å². The smallest absolute Gasteiger partial charge is 0.208 e. The van der Waals surface area contributed by atoms with E-state index in [9.17, 15) is 8.42 Å². The van der Waals surface area contributed by atoms with E-state index in [0.29, 0.717) is 18.5 Å². The third-order valence-electron chi connectivity index (χ3n) is 4.82. The van der Waals surface area contributed by atoms with Gasteiger partial charge in [0.2, 0.25) is 10.0 Å².